The quantitative estimate of drug-likeness (QED) is 0.561. The van der Waals surface area contributed by atoms with Gasteiger partial charge < -0.3 is 14.5 Å². The molecule has 1 N–H and O–H groups in total. The second kappa shape index (κ2) is 7.64. The van der Waals surface area contributed by atoms with Gasteiger partial charge in [-0.3, -0.25) is 4.79 Å². The third-order valence-electron chi connectivity index (χ3n) is 4.71. The Bertz CT molecular complexity index is 1120. The summed E-state index contributed by atoms with van der Waals surface area (Å²) in [7, 11) is 1.85. The zero-order valence-electron chi connectivity index (χ0n) is 15.4. The van der Waals surface area contributed by atoms with E-state index in [2.05, 4.69) is 15.3 Å². The third-order valence-corrected chi connectivity index (χ3v) is 4.71. The number of benzene rings is 2. The molecule has 4 rings (SSSR count). The van der Waals surface area contributed by atoms with Gasteiger partial charge in [-0.05, 0) is 29.8 Å². The Kier molecular flexibility index (Phi) is 4.89. The molecule has 1 unspecified atom stereocenters. The minimum atomic E-state index is -0.525. The lowest BCUT2D eigenvalue weighted by Gasteiger charge is -2.19. The van der Waals surface area contributed by atoms with Crippen LogP contribution in [-0.4, -0.2) is 25.0 Å². The number of halogens is 1. The van der Waals surface area contributed by atoms with Crippen molar-refractivity contribution in [1.82, 2.24) is 24.4 Å². The van der Waals surface area contributed by atoms with E-state index in [1.54, 1.807) is 30.9 Å². The van der Waals surface area contributed by atoms with Gasteiger partial charge in [-0.2, -0.15) is 0 Å². The van der Waals surface area contributed by atoms with E-state index in [4.69, 9.17) is 0 Å². The molecule has 6 nitrogen and oxygen atoms in total. The van der Waals surface area contributed by atoms with Crippen molar-refractivity contribution < 1.29 is 9.18 Å². The maximum Gasteiger partial charge on any atom is 0.222 e. The van der Waals surface area contributed by atoms with Crippen molar-refractivity contribution in [3.63, 3.8) is 0 Å². The molecule has 4 aromatic rings. The predicted octanol–water partition coefficient (Wildman–Crippen LogP) is 3.20. The number of carbonyl (C=O) groups excluding carboxylic acids is 1. The summed E-state index contributed by atoms with van der Waals surface area (Å²) in [6.07, 6.45) is 5.47. The smallest absolute Gasteiger partial charge is 0.222 e. The number of hydrogen-bond acceptors (Lipinski definition) is 3. The summed E-state index contributed by atoms with van der Waals surface area (Å²) >= 11 is 0. The molecule has 0 fully saturated rings. The van der Waals surface area contributed by atoms with E-state index < -0.39 is 6.04 Å². The topological polar surface area (TPSA) is 64.7 Å². The summed E-state index contributed by atoms with van der Waals surface area (Å²) in [6.45, 7) is 0.503. The standard InChI is InChI=1S/C21H20FN5O/c1-26-12-10-23-21(26)20(15-5-4-6-16(22)13-15)25-19(28)9-11-27-14-24-17-7-2-3-8-18(17)27/h2-8,10,12-14,20H,9,11H2,1H3,(H,25,28). The monoisotopic (exact) mass is 377 g/mol. The summed E-state index contributed by atoms with van der Waals surface area (Å²) in [4.78, 5) is 21.4. The summed E-state index contributed by atoms with van der Waals surface area (Å²) in [5.41, 5.74) is 2.53. The maximum atomic E-state index is 13.7. The fourth-order valence-corrected chi connectivity index (χ4v) is 3.28. The molecular formula is C21H20FN5O. The summed E-state index contributed by atoms with van der Waals surface area (Å²) in [5, 5.41) is 2.99. The van der Waals surface area contributed by atoms with Gasteiger partial charge in [0.05, 0.1) is 17.4 Å². The normalized spacial score (nSPS) is 12.2. The number of nitrogens with one attached hydrogen (secondary N) is 1. The van der Waals surface area contributed by atoms with Crippen molar-refractivity contribution in [1.29, 1.82) is 0 Å². The molecule has 0 spiro atoms. The Morgan fingerprint density at radius 2 is 2.04 bits per heavy atom. The number of nitrogens with zero attached hydrogens (tertiary/aromatic N) is 4. The first-order valence-electron chi connectivity index (χ1n) is 9.04. The molecule has 2 heterocycles. The number of hydrogen-bond donors (Lipinski definition) is 1. The molecule has 0 aliphatic heterocycles. The van der Waals surface area contributed by atoms with Gasteiger partial charge in [-0.1, -0.05) is 24.3 Å². The molecule has 2 aromatic heterocycles. The molecule has 0 saturated heterocycles. The van der Waals surface area contributed by atoms with Crippen molar-refractivity contribution in [2.45, 2.75) is 19.0 Å². The number of aryl methyl sites for hydroxylation is 2. The minimum absolute atomic E-state index is 0.143. The van der Waals surface area contributed by atoms with Crippen molar-refractivity contribution in [3.8, 4) is 0 Å². The molecule has 142 valence electrons. The van der Waals surface area contributed by atoms with Crippen LogP contribution in [-0.2, 0) is 18.4 Å². The zero-order valence-corrected chi connectivity index (χ0v) is 15.4. The first-order chi connectivity index (χ1) is 13.6. The average Bonchev–Trinajstić information content (AvgIpc) is 3.30. The molecule has 1 amide bonds. The van der Waals surface area contributed by atoms with Gasteiger partial charge in [0.15, 0.2) is 0 Å². The van der Waals surface area contributed by atoms with Crippen LogP contribution in [0.4, 0.5) is 4.39 Å². The van der Waals surface area contributed by atoms with Crippen molar-refractivity contribution in [2.24, 2.45) is 7.05 Å². The highest BCUT2D eigenvalue weighted by Crippen LogP contribution is 2.21. The Morgan fingerprint density at radius 1 is 1.18 bits per heavy atom. The van der Waals surface area contributed by atoms with E-state index >= 15 is 0 Å². The highest BCUT2D eigenvalue weighted by molar-refractivity contribution is 5.78. The van der Waals surface area contributed by atoms with Crippen LogP contribution in [0.2, 0.25) is 0 Å². The van der Waals surface area contributed by atoms with E-state index in [-0.39, 0.29) is 18.1 Å². The largest absolute Gasteiger partial charge is 0.342 e. The van der Waals surface area contributed by atoms with E-state index in [1.165, 1.54) is 12.1 Å². The predicted molar refractivity (Wildman–Crippen MR) is 104 cm³/mol. The minimum Gasteiger partial charge on any atom is -0.342 e. The van der Waals surface area contributed by atoms with Crippen LogP contribution in [0.5, 0.6) is 0 Å². The SMILES string of the molecule is Cn1ccnc1C(NC(=O)CCn1cnc2ccccc21)c1cccc(F)c1. The van der Waals surface area contributed by atoms with E-state index in [0.717, 1.165) is 11.0 Å². The van der Waals surface area contributed by atoms with E-state index in [1.807, 2.05) is 40.4 Å². The number of rotatable bonds is 6. The number of carbonyl (C=O) groups is 1. The molecule has 0 bridgehead atoms. The van der Waals surface area contributed by atoms with E-state index in [0.29, 0.717) is 17.9 Å². The number of amides is 1. The zero-order chi connectivity index (χ0) is 19.5. The Labute approximate surface area is 161 Å². The Hall–Kier alpha value is -3.48. The second-order valence-corrected chi connectivity index (χ2v) is 6.63. The first-order valence-corrected chi connectivity index (χ1v) is 9.04. The molecule has 7 heteroatoms. The Balaban J connectivity index is 1.52. The highest BCUT2D eigenvalue weighted by atomic mass is 19.1. The number of para-hydroxylation sites is 2. The van der Waals surface area contributed by atoms with Gasteiger partial charge in [0.1, 0.15) is 17.7 Å². The molecule has 2 aromatic carbocycles. The lowest BCUT2D eigenvalue weighted by atomic mass is 10.1. The fraction of sp³-hybridized carbons (Fsp3) is 0.190. The van der Waals surface area contributed by atoms with Crippen LogP contribution < -0.4 is 5.32 Å². The fourth-order valence-electron chi connectivity index (χ4n) is 3.28. The van der Waals surface area contributed by atoms with Crippen LogP contribution in [0.15, 0.2) is 67.3 Å². The van der Waals surface area contributed by atoms with E-state index in [9.17, 15) is 9.18 Å². The van der Waals surface area contributed by atoms with Gasteiger partial charge in [0.2, 0.25) is 5.91 Å². The van der Waals surface area contributed by atoms with Crippen LogP contribution in [0.1, 0.15) is 23.9 Å². The summed E-state index contributed by atoms with van der Waals surface area (Å²) in [5.74, 6) is 0.151. The van der Waals surface area contributed by atoms with Crippen molar-refractivity contribution in [3.05, 3.63) is 84.5 Å². The van der Waals surface area contributed by atoms with Gasteiger partial charge in [-0.15, -0.1) is 0 Å². The van der Waals surface area contributed by atoms with Gasteiger partial charge in [0.25, 0.3) is 0 Å². The highest BCUT2D eigenvalue weighted by Gasteiger charge is 2.21. The van der Waals surface area contributed by atoms with Crippen LogP contribution >= 0.6 is 0 Å². The molecule has 0 saturated carbocycles. The third kappa shape index (κ3) is 3.64. The summed E-state index contributed by atoms with van der Waals surface area (Å²) in [6, 6.07) is 13.5. The van der Waals surface area contributed by atoms with Crippen LogP contribution in [0, 0.1) is 5.82 Å². The molecule has 0 aliphatic carbocycles. The lowest BCUT2D eigenvalue weighted by molar-refractivity contribution is -0.121. The number of aromatic nitrogens is 4. The molecular weight excluding hydrogens is 357 g/mol. The van der Waals surface area contributed by atoms with Crippen LogP contribution in [0.25, 0.3) is 11.0 Å². The first kappa shape index (κ1) is 17.9. The molecule has 0 radical (unpaired) electrons. The lowest BCUT2D eigenvalue weighted by Crippen LogP contribution is -2.31. The van der Waals surface area contributed by atoms with Gasteiger partial charge in [-0.25, -0.2) is 14.4 Å². The number of fused-ring (bicyclic) bond motifs is 1. The molecule has 0 aliphatic rings. The second-order valence-electron chi connectivity index (χ2n) is 6.63. The number of imidazole rings is 2. The van der Waals surface area contributed by atoms with Crippen LogP contribution in [0.3, 0.4) is 0 Å². The van der Waals surface area contributed by atoms with Crippen molar-refractivity contribution >= 4 is 16.9 Å². The molecule has 1 atom stereocenters. The van der Waals surface area contributed by atoms with Crippen molar-refractivity contribution in [2.75, 3.05) is 0 Å². The molecule has 28 heavy (non-hydrogen) atoms. The van der Waals surface area contributed by atoms with Gasteiger partial charge >= 0.3 is 0 Å². The maximum absolute atomic E-state index is 13.7. The average molecular weight is 377 g/mol. The van der Waals surface area contributed by atoms with Gasteiger partial charge in [0, 0.05) is 32.4 Å². The summed E-state index contributed by atoms with van der Waals surface area (Å²) < 4.78 is 17.5. The Morgan fingerprint density at radius 3 is 2.82 bits per heavy atom.